The average molecular weight is 435 g/mol. The molecule has 0 spiro atoms. The zero-order chi connectivity index (χ0) is 22.1. The lowest BCUT2D eigenvalue weighted by Crippen LogP contribution is -2.37. The molecule has 3 saturated carbocycles. The fourth-order valence-corrected chi connectivity index (χ4v) is 7.79. The topological polar surface area (TPSA) is 60.7 Å². The van der Waals surface area contributed by atoms with Crippen LogP contribution < -0.4 is 0 Å². The van der Waals surface area contributed by atoms with Gasteiger partial charge in [0, 0.05) is 11.7 Å². The number of rotatable bonds is 6. The lowest BCUT2D eigenvalue weighted by Gasteiger charge is -2.44. The standard InChI is InChI=1S/C26H42O3S/c1-17-20(15-21(27)16-24(17)28)9-8-19-7-6-12-26(5)22(10-11-23(19)26)18(2)30-14-13-25(3,4)29/h8-9,18,21-24,27-29H,1,6-7,10-16H2,2-5H3/b19-8+,20-9+/t18-,21+,22+,23-,24-,26+/m0/s1. The number of hydrogen-bond acceptors (Lipinski definition) is 4. The summed E-state index contributed by atoms with van der Waals surface area (Å²) < 4.78 is 0. The van der Waals surface area contributed by atoms with Gasteiger partial charge in [-0.15, -0.1) is 0 Å². The van der Waals surface area contributed by atoms with E-state index in [0.717, 1.165) is 35.7 Å². The van der Waals surface area contributed by atoms with Gasteiger partial charge in [-0.05, 0) is 92.9 Å². The van der Waals surface area contributed by atoms with Crippen LogP contribution in [-0.2, 0) is 0 Å². The van der Waals surface area contributed by atoms with Gasteiger partial charge in [0.15, 0.2) is 0 Å². The van der Waals surface area contributed by atoms with Crippen LogP contribution in [0.25, 0.3) is 0 Å². The van der Waals surface area contributed by atoms with Gasteiger partial charge in [-0.1, -0.05) is 38.2 Å². The number of fused-ring (bicyclic) bond motifs is 1. The monoisotopic (exact) mass is 434 g/mol. The van der Waals surface area contributed by atoms with E-state index >= 15 is 0 Å². The summed E-state index contributed by atoms with van der Waals surface area (Å²) in [5.74, 6) is 2.37. The highest BCUT2D eigenvalue weighted by Gasteiger charge is 2.50. The van der Waals surface area contributed by atoms with Crippen molar-refractivity contribution >= 4 is 11.8 Å². The lowest BCUT2D eigenvalue weighted by molar-refractivity contribution is 0.0776. The van der Waals surface area contributed by atoms with Crippen molar-refractivity contribution in [3.8, 4) is 0 Å². The molecule has 0 radical (unpaired) electrons. The van der Waals surface area contributed by atoms with Crippen molar-refractivity contribution in [1.29, 1.82) is 0 Å². The van der Waals surface area contributed by atoms with E-state index in [4.69, 9.17) is 0 Å². The minimum atomic E-state index is -0.618. The fraction of sp³-hybridized carbons (Fsp3) is 0.769. The van der Waals surface area contributed by atoms with Gasteiger partial charge in [0.1, 0.15) is 0 Å². The Hall–Kier alpha value is -0.550. The fourth-order valence-electron chi connectivity index (χ4n) is 6.13. The summed E-state index contributed by atoms with van der Waals surface area (Å²) in [6.45, 7) is 12.8. The molecule has 170 valence electrons. The van der Waals surface area contributed by atoms with Gasteiger partial charge >= 0.3 is 0 Å². The van der Waals surface area contributed by atoms with E-state index in [9.17, 15) is 15.3 Å². The van der Waals surface area contributed by atoms with Crippen LogP contribution in [0.2, 0.25) is 0 Å². The molecule has 3 rings (SSSR count). The molecule has 4 heteroatoms. The Morgan fingerprint density at radius 2 is 2.00 bits per heavy atom. The minimum Gasteiger partial charge on any atom is -0.393 e. The average Bonchev–Trinajstić information content (AvgIpc) is 3.00. The molecule has 0 bridgehead atoms. The van der Waals surface area contributed by atoms with Crippen LogP contribution in [0.1, 0.15) is 79.1 Å². The first-order chi connectivity index (χ1) is 14.0. The van der Waals surface area contributed by atoms with Crippen molar-refractivity contribution in [1.82, 2.24) is 0 Å². The number of thioether (sulfide) groups is 1. The predicted molar refractivity (Wildman–Crippen MR) is 128 cm³/mol. The molecule has 0 aromatic heterocycles. The molecule has 3 fully saturated rings. The summed E-state index contributed by atoms with van der Waals surface area (Å²) in [4.78, 5) is 0. The third kappa shape index (κ3) is 5.43. The highest BCUT2D eigenvalue weighted by Crippen LogP contribution is 2.59. The molecular weight excluding hydrogens is 392 g/mol. The SMILES string of the molecule is C=C1/C(=C/C=C2\CCC[C@]3(C)[C@@H]([C@H](C)SCCC(C)(C)O)CC[C@@H]23)C[C@@H](O)C[C@@H]1O. The second kappa shape index (κ2) is 9.52. The molecule has 6 atom stereocenters. The number of hydrogen-bond donors (Lipinski definition) is 3. The van der Waals surface area contributed by atoms with Crippen molar-refractivity contribution < 1.29 is 15.3 Å². The molecule has 0 aromatic carbocycles. The molecule has 3 nitrogen and oxygen atoms in total. The molecule has 0 heterocycles. The molecule has 0 saturated heterocycles. The van der Waals surface area contributed by atoms with E-state index in [2.05, 4.69) is 32.6 Å². The lowest BCUT2D eigenvalue weighted by atomic mass is 9.63. The van der Waals surface area contributed by atoms with Gasteiger partial charge in [-0.25, -0.2) is 0 Å². The van der Waals surface area contributed by atoms with Gasteiger partial charge in [-0.2, -0.15) is 11.8 Å². The van der Waals surface area contributed by atoms with Crippen LogP contribution in [0.3, 0.4) is 0 Å². The Labute approximate surface area is 187 Å². The number of aliphatic hydroxyl groups excluding tert-OH is 2. The van der Waals surface area contributed by atoms with E-state index in [1.54, 1.807) is 5.57 Å². The Balaban J connectivity index is 1.70. The maximum absolute atomic E-state index is 10.1. The van der Waals surface area contributed by atoms with Crippen LogP contribution >= 0.6 is 11.8 Å². The van der Waals surface area contributed by atoms with Crippen molar-refractivity contribution in [2.45, 2.75) is 102 Å². The second-order valence-corrected chi connectivity index (χ2v) is 12.3. The van der Waals surface area contributed by atoms with Crippen LogP contribution in [0.4, 0.5) is 0 Å². The smallest absolute Gasteiger partial charge is 0.0811 e. The summed E-state index contributed by atoms with van der Waals surface area (Å²) in [5.41, 5.74) is 3.11. The molecule has 3 aliphatic rings. The first kappa shape index (κ1) is 24.1. The zero-order valence-corrected chi connectivity index (χ0v) is 20.2. The summed E-state index contributed by atoms with van der Waals surface area (Å²) in [5, 5.41) is 30.8. The largest absolute Gasteiger partial charge is 0.393 e. The minimum absolute atomic E-state index is 0.354. The molecule has 3 N–H and O–H groups in total. The maximum atomic E-state index is 10.1. The molecule has 0 unspecified atom stereocenters. The summed E-state index contributed by atoms with van der Waals surface area (Å²) in [6, 6.07) is 0. The van der Waals surface area contributed by atoms with Crippen molar-refractivity contribution in [3.63, 3.8) is 0 Å². The molecule has 30 heavy (non-hydrogen) atoms. The van der Waals surface area contributed by atoms with Gasteiger partial charge in [0.05, 0.1) is 17.8 Å². The predicted octanol–water partition coefficient (Wildman–Crippen LogP) is 5.41. The van der Waals surface area contributed by atoms with E-state index in [0.29, 0.717) is 29.4 Å². The van der Waals surface area contributed by atoms with E-state index in [1.807, 2.05) is 25.6 Å². The van der Waals surface area contributed by atoms with Gasteiger partial charge in [0.25, 0.3) is 0 Å². The molecule has 0 aliphatic heterocycles. The highest BCUT2D eigenvalue weighted by atomic mass is 32.2. The Kier molecular flexibility index (Phi) is 7.65. The molecule has 0 amide bonds. The Bertz CT molecular complexity index is 689. The van der Waals surface area contributed by atoms with Gasteiger partial charge in [-0.3, -0.25) is 0 Å². The van der Waals surface area contributed by atoms with Crippen LogP contribution in [-0.4, -0.2) is 44.1 Å². The Morgan fingerprint density at radius 3 is 2.70 bits per heavy atom. The highest BCUT2D eigenvalue weighted by molar-refractivity contribution is 7.99. The van der Waals surface area contributed by atoms with Crippen LogP contribution in [0, 0.1) is 17.3 Å². The normalized spacial score (nSPS) is 38.8. The molecular formula is C26H42O3S. The number of allylic oxidation sites excluding steroid dienone is 3. The summed E-state index contributed by atoms with van der Waals surface area (Å²) in [6.07, 6.45) is 11.4. The first-order valence-electron chi connectivity index (χ1n) is 11.8. The van der Waals surface area contributed by atoms with E-state index in [-0.39, 0.29) is 0 Å². The maximum Gasteiger partial charge on any atom is 0.0811 e. The summed E-state index contributed by atoms with van der Waals surface area (Å²) in [7, 11) is 0. The Morgan fingerprint density at radius 1 is 1.27 bits per heavy atom. The summed E-state index contributed by atoms with van der Waals surface area (Å²) >= 11 is 2.03. The third-order valence-corrected chi connectivity index (χ3v) is 9.26. The van der Waals surface area contributed by atoms with Gasteiger partial charge in [0.2, 0.25) is 0 Å². The van der Waals surface area contributed by atoms with Crippen molar-refractivity contribution in [3.05, 3.63) is 35.5 Å². The van der Waals surface area contributed by atoms with Crippen LogP contribution in [0.5, 0.6) is 0 Å². The van der Waals surface area contributed by atoms with Crippen molar-refractivity contribution in [2.75, 3.05) is 5.75 Å². The first-order valence-corrected chi connectivity index (χ1v) is 12.8. The van der Waals surface area contributed by atoms with E-state index < -0.39 is 17.8 Å². The van der Waals surface area contributed by atoms with Gasteiger partial charge < -0.3 is 15.3 Å². The van der Waals surface area contributed by atoms with E-state index in [1.165, 1.54) is 25.7 Å². The third-order valence-electron chi connectivity index (χ3n) is 7.96. The second-order valence-electron chi connectivity index (χ2n) is 10.8. The quantitative estimate of drug-likeness (QED) is 0.523. The van der Waals surface area contributed by atoms with Crippen LogP contribution in [0.15, 0.2) is 35.5 Å². The zero-order valence-electron chi connectivity index (χ0n) is 19.4. The van der Waals surface area contributed by atoms with Crippen molar-refractivity contribution in [2.24, 2.45) is 17.3 Å². The molecule has 0 aromatic rings. The number of aliphatic hydroxyl groups is 3. The molecule has 3 aliphatic carbocycles.